The molecule has 6 heteroatoms. The third-order valence-corrected chi connectivity index (χ3v) is 3.72. The molecule has 16 heavy (non-hydrogen) atoms. The van der Waals surface area contributed by atoms with Crippen molar-refractivity contribution in [1.82, 2.24) is 0 Å². The molecule has 0 unspecified atom stereocenters. The van der Waals surface area contributed by atoms with E-state index in [9.17, 15) is 8.42 Å². The van der Waals surface area contributed by atoms with Crippen LogP contribution in [-0.4, -0.2) is 25.7 Å². The monoisotopic (exact) mass is 242 g/mol. The van der Waals surface area contributed by atoms with Gasteiger partial charge in [-0.15, -0.1) is 0 Å². The number of para-hydroxylation sites is 1. The van der Waals surface area contributed by atoms with E-state index in [-0.39, 0.29) is 17.0 Å². The number of sulfonamides is 1. The standard InChI is InChI=1S/C10H14N2O3S/c11-16(14,15)9-4-2-1-3-8(9)12-10(7-13)5-6-10/h1-4,12-13H,5-7H2,(H2,11,14,15). The van der Waals surface area contributed by atoms with Crippen LogP contribution >= 0.6 is 0 Å². The Morgan fingerprint density at radius 1 is 1.38 bits per heavy atom. The number of hydrogen-bond donors (Lipinski definition) is 3. The second-order valence-electron chi connectivity index (χ2n) is 4.10. The molecule has 0 saturated heterocycles. The van der Waals surface area contributed by atoms with E-state index in [1.54, 1.807) is 18.2 Å². The largest absolute Gasteiger partial charge is 0.394 e. The molecule has 1 aromatic rings. The van der Waals surface area contributed by atoms with E-state index in [2.05, 4.69) is 5.32 Å². The summed E-state index contributed by atoms with van der Waals surface area (Å²) in [6, 6.07) is 6.44. The number of aliphatic hydroxyl groups is 1. The summed E-state index contributed by atoms with van der Waals surface area (Å²) in [5.41, 5.74) is 0.0948. The molecule has 88 valence electrons. The predicted octanol–water partition coefficient (Wildman–Crippen LogP) is 0.271. The average Bonchev–Trinajstić information content (AvgIpc) is 2.98. The lowest BCUT2D eigenvalue weighted by molar-refractivity contribution is 0.266. The van der Waals surface area contributed by atoms with Gasteiger partial charge in [-0.2, -0.15) is 0 Å². The van der Waals surface area contributed by atoms with Crippen molar-refractivity contribution in [2.24, 2.45) is 5.14 Å². The number of rotatable bonds is 4. The molecule has 0 bridgehead atoms. The van der Waals surface area contributed by atoms with Crippen LogP contribution < -0.4 is 10.5 Å². The van der Waals surface area contributed by atoms with Crippen LogP contribution in [0.5, 0.6) is 0 Å². The van der Waals surface area contributed by atoms with Crippen molar-refractivity contribution < 1.29 is 13.5 Å². The van der Waals surface area contributed by atoms with Crippen molar-refractivity contribution in [3.63, 3.8) is 0 Å². The molecule has 1 aliphatic carbocycles. The zero-order valence-electron chi connectivity index (χ0n) is 8.68. The number of anilines is 1. The van der Waals surface area contributed by atoms with Crippen molar-refractivity contribution in [2.45, 2.75) is 23.3 Å². The summed E-state index contributed by atoms with van der Waals surface area (Å²) in [5.74, 6) is 0. The fraction of sp³-hybridized carbons (Fsp3) is 0.400. The van der Waals surface area contributed by atoms with E-state index >= 15 is 0 Å². The van der Waals surface area contributed by atoms with Crippen LogP contribution in [0.3, 0.4) is 0 Å². The highest BCUT2D eigenvalue weighted by Crippen LogP contribution is 2.39. The quantitative estimate of drug-likeness (QED) is 0.706. The molecule has 1 aliphatic rings. The Hall–Kier alpha value is -1.11. The van der Waals surface area contributed by atoms with E-state index in [0.29, 0.717) is 5.69 Å². The van der Waals surface area contributed by atoms with Gasteiger partial charge < -0.3 is 10.4 Å². The first kappa shape index (κ1) is 11.4. The second-order valence-corrected chi connectivity index (χ2v) is 5.63. The number of hydrogen-bond acceptors (Lipinski definition) is 4. The topological polar surface area (TPSA) is 92.4 Å². The fourth-order valence-corrected chi connectivity index (χ4v) is 2.27. The maximum absolute atomic E-state index is 11.3. The minimum Gasteiger partial charge on any atom is -0.394 e. The lowest BCUT2D eigenvalue weighted by Crippen LogP contribution is -2.27. The van der Waals surface area contributed by atoms with Crippen LogP contribution in [0.2, 0.25) is 0 Å². The molecule has 1 fully saturated rings. The van der Waals surface area contributed by atoms with Crippen molar-refractivity contribution in [1.29, 1.82) is 0 Å². The highest BCUT2D eigenvalue weighted by Gasteiger charge is 2.42. The number of nitrogens with one attached hydrogen (secondary N) is 1. The van der Waals surface area contributed by atoms with Crippen LogP contribution in [0, 0.1) is 0 Å². The summed E-state index contributed by atoms with van der Waals surface area (Å²) in [7, 11) is -3.73. The van der Waals surface area contributed by atoms with Gasteiger partial charge in [0.1, 0.15) is 4.90 Å². The summed E-state index contributed by atoms with van der Waals surface area (Å²) in [6.45, 7) is -0.00798. The first-order chi connectivity index (χ1) is 7.47. The van der Waals surface area contributed by atoms with Crippen molar-refractivity contribution in [3.05, 3.63) is 24.3 Å². The first-order valence-corrected chi connectivity index (χ1v) is 6.52. The molecule has 0 aromatic heterocycles. The van der Waals surface area contributed by atoms with Gasteiger partial charge in [0.15, 0.2) is 0 Å². The normalized spacial score (nSPS) is 18.1. The van der Waals surface area contributed by atoms with Crippen LogP contribution in [0.1, 0.15) is 12.8 Å². The van der Waals surface area contributed by atoms with Crippen LogP contribution in [0.25, 0.3) is 0 Å². The lowest BCUT2D eigenvalue weighted by atomic mass is 10.2. The summed E-state index contributed by atoms with van der Waals surface area (Å²) in [6.07, 6.45) is 1.67. The molecule has 0 spiro atoms. The lowest BCUT2D eigenvalue weighted by Gasteiger charge is -2.17. The molecule has 0 radical (unpaired) electrons. The fourth-order valence-electron chi connectivity index (χ4n) is 1.58. The Bertz CT molecular complexity index is 495. The zero-order valence-corrected chi connectivity index (χ0v) is 9.50. The number of primary sulfonamides is 1. The summed E-state index contributed by atoms with van der Waals surface area (Å²) in [4.78, 5) is 0.0646. The predicted molar refractivity (Wildman–Crippen MR) is 60.5 cm³/mol. The van der Waals surface area contributed by atoms with Gasteiger partial charge in [0, 0.05) is 0 Å². The molecule has 0 aliphatic heterocycles. The first-order valence-electron chi connectivity index (χ1n) is 4.98. The minimum atomic E-state index is -3.73. The van der Waals surface area contributed by atoms with Gasteiger partial charge in [-0.3, -0.25) is 0 Å². The number of aliphatic hydroxyl groups excluding tert-OH is 1. The molecule has 5 nitrogen and oxygen atoms in total. The van der Waals surface area contributed by atoms with Gasteiger partial charge in [0.05, 0.1) is 17.8 Å². The molecule has 0 amide bonds. The Kier molecular flexibility index (Phi) is 2.65. The van der Waals surface area contributed by atoms with Crippen LogP contribution in [0.4, 0.5) is 5.69 Å². The number of nitrogens with two attached hydrogens (primary N) is 1. The van der Waals surface area contributed by atoms with Gasteiger partial charge >= 0.3 is 0 Å². The summed E-state index contributed by atoms with van der Waals surface area (Å²) < 4.78 is 22.6. The second kappa shape index (κ2) is 3.73. The van der Waals surface area contributed by atoms with Crippen molar-refractivity contribution in [3.8, 4) is 0 Å². The summed E-state index contributed by atoms with van der Waals surface area (Å²) >= 11 is 0. The zero-order chi connectivity index (χ0) is 11.8. The van der Waals surface area contributed by atoms with Gasteiger partial charge in [-0.1, -0.05) is 12.1 Å². The van der Waals surface area contributed by atoms with E-state index in [1.165, 1.54) is 6.07 Å². The maximum atomic E-state index is 11.3. The number of benzene rings is 1. The molecule has 2 rings (SSSR count). The van der Waals surface area contributed by atoms with Crippen LogP contribution in [0.15, 0.2) is 29.2 Å². The molecule has 0 atom stereocenters. The minimum absolute atomic E-state index is 0.00798. The van der Waals surface area contributed by atoms with Gasteiger partial charge in [0.2, 0.25) is 10.0 Å². The molecule has 0 heterocycles. The highest BCUT2D eigenvalue weighted by molar-refractivity contribution is 7.89. The molecular formula is C10H14N2O3S. The van der Waals surface area contributed by atoms with Crippen molar-refractivity contribution >= 4 is 15.7 Å². The maximum Gasteiger partial charge on any atom is 0.240 e. The Balaban J connectivity index is 2.34. The average molecular weight is 242 g/mol. The highest BCUT2D eigenvalue weighted by atomic mass is 32.2. The Morgan fingerprint density at radius 3 is 2.50 bits per heavy atom. The smallest absolute Gasteiger partial charge is 0.240 e. The molecule has 4 N–H and O–H groups in total. The van der Waals surface area contributed by atoms with E-state index in [1.807, 2.05) is 0 Å². The molecule has 1 aromatic carbocycles. The SMILES string of the molecule is NS(=O)(=O)c1ccccc1NC1(CO)CC1. The van der Waals surface area contributed by atoms with Gasteiger partial charge in [-0.25, -0.2) is 13.6 Å². The Labute approximate surface area is 94.3 Å². The van der Waals surface area contributed by atoms with Gasteiger partial charge in [0.25, 0.3) is 0 Å². The summed E-state index contributed by atoms with van der Waals surface area (Å²) in [5, 5.41) is 17.3. The van der Waals surface area contributed by atoms with Crippen molar-refractivity contribution in [2.75, 3.05) is 11.9 Å². The Morgan fingerprint density at radius 2 is 2.00 bits per heavy atom. The third-order valence-electron chi connectivity index (χ3n) is 2.75. The third kappa shape index (κ3) is 2.18. The van der Waals surface area contributed by atoms with E-state index in [0.717, 1.165) is 12.8 Å². The van der Waals surface area contributed by atoms with E-state index < -0.39 is 10.0 Å². The van der Waals surface area contributed by atoms with Gasteiger partial charge in [-0.05, 0) is 25.0 Å². The van der Waals surface area contributed by atoms with Crippen LogP contribution in [-0.2, 0) is 10.0 Å². The van der Waals surface area contributed by atoms with E-state index in [4.69, 9.17) is 10.2 Å². The molecular weight excluding hydrogens is 228 g/mol. The molecule has 1 saturated carbocycles.